The molecule has 0 saturated carbocycles. The lowest BCUT2D eigenvalue weighted by molar-refractivity contribution is 0.252. The summed E-state index contributed by atoms with van der Waals surface area (Å²) in [6, 6.07) is 11.9. The van der Waals surface area contributed by atoms with Gasteiger partial charge < -0.3 is 10.2 Å². The highest BCUT2D eigenvalue weighted by Gasteiger charge is 2.08. The molecule has 0 fully saturated rings. The third-order valence-electron chi connectivity index (χ3n) is 3.30. The van der Waals surface area contributed by atoms with E-state index < -0.39 is 0 Å². The molecule has 2 amide bonds. The molecular formula is C16H17N3OS. The number of anilines is 2. The zero-order valence-electron chi connectivity index (χ0n) is 11.6. The largest absolute Gasteiger partial charge is 0.364 e. The van der Waals surface area contributed by atoms with Crippen molar-refractivity contribution in [2.45, 2.75) is 6.54 Å². The van der Waals surface area contributed by atoms with E-state index in [9.17, 15) is 4.79 Å². The van der Waals surface area contributed by atoms with E-state index in [0.717, 1.165) is 23.7 Å². The van der Waals surface area contributed by atoms with E-state index in [-0.39, 0.29) is 6.03 Å². The van der Waals surface area contributed by atoms with Gasteiger partial charge in [-0.25, -0.2) is 4.79 Å². The van der Waals surface area contributed by atoms with Crippen molar-refractivity contribution in [1.29, 1.82) is 0 Å². The predicted octanol–water partition coefficient (Wildman–Crippen LogP) is 3.45. The fourth-order valence-electron chi connectivity index (χ4n) is 2.24. The minimum atomic E-state index is -0.175. The molecule has 2 heterocycles. The van der Waals surface area contributed by atoms with E-state index in [1.54, 1.807) is 0 Å². The van der Waals surface area contributed by atoms with Crippen LogP contribution in [0.1, 0.15) is 5.56 Å². The van der Waals surface area contributed by atoms with E-state index in [4.69, 9.17) is 0 Å². The van der Waals surface area contributed by atoms with Crippen LogP contribution in [0.25, 0.3) is 0 Å². The number of benzene rings is 1. The van der Waals surface area contributed by atoms with E-state index >= 15 is 0 Å². The first-order chi connectivity index (χ1) is 10.3. The first-order valence-electron chi connectivity index (χ1n) is 6.88. The minimum Gasteiger partial charge on any atom is -0.364 e. The Balaban J connectivity index is 1.55. The summed E-state index contributed by atoms with van der Waals surface area (Å²) in [5, 5.41) is 8.47. The summed E-state index contributed by atoms with van der Waals surface area (Å²) in [6.45, 7) is 2.43. The summed E-state index contributed by atoms with van der Waals surface area (Å²) < 4.78 is 0. The van der Waals surface area contributed by atoms with Gasteiger partial charge in [0.2, 0.25) is 0 Å². The molecule has 0 radical (unpaired) electrons. The van der Waals surface area contributed by atoms with Crippen molar-refractivity contribution in [2.75, 3.05) is 23.3 Å². The quantitative estimate of drug-likeness (QED) is 0.849. The van der Waals surface area contributed by atoms with E-state index in [1.807, 2.05) is 29.6 Å². The molecule has 0 saturated heterocycles. The van der Waals surface area contributed by atoms with Gasteiger partial charge >= 0.3 is 6.03 Å². The lowest BCUT2D eigenvalue weighted by Crippen LogP contribution is -2.28. The average molecular weight is 299 g/mol. The zero-order chi connectivity index (χ0) is 14.5. The summed E-state index contributed by atoms with van der Waals surface area (Å²) in [4.78, 5) is 14.1. The normalized spacial score (nSPS) is 13.4. The molecule has 108 valence electrons. The SMILES string of the molecule is O=C(NCc1cccc(N2CC=CC2)c1)Nc1cccs1. The van der Waals surface area contributed by atoms with Gasteiger partial charge in [-0.05, 0) is 35.2 Å². The summed E-state index contributed by atoms with van der Waals surface area (Å²) in [5.41, 5.74) is 2.29. The Bertz CT molecular complexity index is 629. The average Bonchev–Trinajstić information content (AvgIpc) is 3.19. The predicted molar refractivity (Wildman–Crippen MR) is 88.0 cm³/mol. The number of nitrogens with zero attached hydrogens (tertiary/aromatic N) is 1. The molecule has 21 heavy (non-hydrogen) atoms. The van der Waals surface area contributed by atoms with Crippen molar-refractivity contribution in [2.24, 2.45) is 0 Å². The number of amides is 2. The first kappa shape index (κ1) is 13.7. The molecule has 3 rings (SSSR count). The van der Waals surface area contributed by atoms with Crippen LogP contribution < -0.4 is 15.5 Å². The smallest absolute Gasteiger partial charge is 0.320 e. The Morgan fingerprint density at radius 1 is 1.19 bits per heavy atom. The number of rotatable bonds is 4. The summed E-state index contributed by atoms with van der Waals surface area (Å²) >= 11 is 1.51. The van der Waals surface area contributed by atoms with Crippen LogP contribution in [0.2, 0.25) is 0 Å². The maximum Gasteiger partial charge on any atom is 0.320 e. The van der Waals surface area contributed by atoms with Crippen LogP contribution in [0.3, 0.4) is 0 Å². The van der Waals surface area contributed by atoms with E-state index in [0.29, 0.717) is 6.54 Å². The van der Waals surface area contributed by atoms with Crippen LogP contribution in [0.5, 0.6) is 0 Å². The Hall–Kier alpha value is -2.27. The van der Waals surface area contributed by atoms with Crippen molar-refractivity contribution in [3.8, 4) is 0 Å². The molecule has 1 aliphatic heterocycles. The fourth-order valence-corrected chi connectivity index (χ4v) is 2.85. The highest BCUT2D eigenvalue weighted by atomic mass is 32.1. The van der Waals surface area contributed by atoms with Crippen molar-refractivity contribution in [3.05, 3.63) is 59.5 Å². The summed E-state index contributed by atoms with van der Waals surface area (Å²) in [6.07, 6.45) is 4.33. The third-order valence-corrected chi connectivity index (χ3v) is 4.09. The first-order valence-corrected chi connectivity index (χ1v) is 7.76. The van der Waals surface area contributed by atoms with Gasteiger partial charge in [0.15, 0.2) is 0 Å². The van der Waals surface area contributed by atoms with Crippen LogP contribution in [0.15, 0.2) is 53.9 Å². The molecule has 1 aromatic carbocycles. The van der Waals surface area contributed by atoms with Gasteiger partial charge in [0.05, 0.1) is 5.00 Å². The van der Waals surface area contributed by atoms with Crippen LogP contribution in [0.4, 0.5) is 15.5 Å². The minimum absolute atomic E-state index is 0.175. The van der Waals surface area contributed by atoms with Crippen molar-refractivity contribution < 1.29 is 4.79 Å². The second-order valence-corrected chi connectivity index (χ2v) is 5.78. The Kier molecular flexibility index (Phi) is 4.21. The van der Waals surface area contributed by atoms with Gasteiger partial charge in [0.1, 0.15) is 0 Å². The third kappa shape index (κ3) is 3.64. The molecule has 1 aliphatic rings. The second kappa shape index (κ2) is 6.45. The van der Waals surface area contributed by atoms with Gasteiger partial charge in [-0.15, -0.1) is 11.3 Å². The van der Waals surface area contributed by atoms with Crippen LogP contribution >= 0.6 is 11.3 Å². The maximum absolute atomic E-state index is 11.8. The molecule has 0 bridgehead atoms. The number of hydrogen-bond acceptors (Lipinski definition) is 3. The molecule has 2 aromatic rings. The molecule has 1 aromatic heterocycles. The van der Waals surface area contributed by atoms with Crippen molar-refractivity contribution in [3.63, 3.8) is 0 Å². The van der Waals surface area contributed by atoms with Crippen molar-refractivity contribution >= 4 is 28.1 Å². The molecule has 0 spiro atoms. The van der Waals surface area contributed by atoms with Crippen LogP contribution in [-0.4, -0.2) is 19.1 Å². The summed E-state index contributed by atoms with van der Waals surface area (Å²) in [5.74, 6) is 0. The number of nitrogens with one attached hydrogen (secondary N) is 2. The number of hydrogen-bond donors (Lipinski definition) is 2. The number of urea groups is 1. The lowest BCUT2D eigenvalue weighted by Gasteiger charge is -2.18. The number of thiophene rings is 1. The molecule has 2 N–H and O–H groups in total. The molecule has 0 unspecified atom stereocenters. The highest BCUT2D eigenvalue weighted by Crippen LogP contribution is 2.18. The Morgan fingerprint density at radius 3 is 2.81 bits per heavy atom. The standard InChI is InChI=1S/C16H17N3OS/c20-16(18-15-7-4-10-21-15)17-12-13-5-3-6-14(11-13)19-8-1-2-9-19/h1-7,10-11H,8-9,12H2,(H2,17,18,20). The molecule has 4 nitrogen and oxygen atoms in total. The van der Waals surface area contributed by atoms with Gasteiger partial charge in [-0.1, -0.05) is 24.3 Å². The van der Waals surface area contributed by atoms with Crippen LogP contribution in [0, 0.1) is 0 Å². The second-order valence-electron chi connectivity index (χ2n) is 4.83. The van der Waals surface area contributed by atoms with Crippen LogP contribution in [-0.2, 0) is 6.54 Å². The maximum atomic E-state index is 11.8. The lowest BCUT2D eigenvalue weighted by atomic mass is 10.2. The molecular weight excluding hydrogens is 282 g/mol. The molecule has 0 aliphatic carbocycles. The topological polar surface area (TPSA) is 44.4 Å². The zero-order valence-corrected chi connectivity index (χ0v) is 12.4. The molecule has 0 atom stereocenters. The van der Waals surface area contributed by atoms with Crippen molar-refractivity contribution in [1.82, 2.24) is 5.32 Å². The van der Waals surface area contributed by atoms with E-state index in [2.05, 4.69) is 39.8 Å². The Labute approximate surface area is 128 Å². The van der Waals surface area contributed by atoms with Gasteiger partial charge in [-0.2, -0.15) is 0 Å². The monoisotopic (exact) mass is 299 g/mol. The Morgan fingerprint density at radius 2 is 2.05 bits per heavy atom. The van der Waals surface area contributed by atoms with E-state index in [1.165, 1.54) is 17.0 Å². The molecule has 5 heteroatoms. The van der Waals surface area contributed by atoms with Gasteiger partial charge in [-0.3, -0.25) is 5.32 Å². The summed E-state index contributed by atoms with van der Waals surface area (Å²) in [7, 11) is 0. The number of carbonyl (C=O) groups excluding carboxylic acids is 1. The van der Waals surface area contributed by atoms with Gasteiger partial charge in [0, 0.05) is 25.3 Å². The highest BCUT2D eigenvalue weighted by molar-refractivity contribution is 7.14. The van der Waals surface area contributed by atoms with Gasteiger partial charge in [0.25, 0.3) is 0 Å². The number of carbonyl (C=O) groups is 1. The fraction of sp³-hybridized carbons (Fsp3) is 0.188.